The number of halogens is 1. The van der Waals surface area contributed by atoms with E-state index in [0.717, 1.165) is 12.1 Å². The number of hydrogen-bond acceptors (Lipinski definition) is 3. The topological polar surface area (TPSA) is 59.7 Å². The lowest BCUT2D eigenvalue weighted by atomic mass is 9.98. The van der Waals surface area contributed by atoms with Crippen LogP contribution in [0.15, 0.2) is 53.6 Å². The first-order valence-electron chi connectivity index (χ1n) is 8.01. The third kappa shape index (κ3) is 3.44. The lowest BCUT2D eigenvalue weighted by Gasteiger charge is -2.15. The number of hydrogen-bond donors (Lipinski definition) is 2. The van der Waals surface area contributed by atoms with Crippen LogP contribution in [0.1, 0.15) is 24.5 Å². The van der Waals surface area contributed by atoms with Gasteiger partial charge in [0.2, 0.25) is 0 Å². The standard InChI is InChI=1S/C19H20ClN3O/c1-13-12-23(17(21)11-10-14-6-3-2-4-7-14)22-18(13)15-8-5-9-16(20)19(15)24/h2-9,13,21,24H,10-12H2,1H3/t13-/m0/s1. The van der Waals surface area contributed by atoms with Crippen molar-refractivity contribution in [2.75, 3.05) is 6.54 Å². The molecule has 1 heterocycles. The van der Waals surface area contributed by atoms with E-state index in [0.29, 0.717) is 29.4 Å². The molecular formula is C19H20ClN3O. The molecule has 2 N–H and O–H groups in total. The molecule has 1 aliphatic rings. The molecule has 0 amide bonds. The van der Waals surface area contributed by atoms with Crippen molar-refractivity contribution in [1.29, 1.82) is 5.41 Å². The van der Waals surface area contributed by atoms with E-state index in [2.05, 4.69) is 17.2 Å². The normalized spacial score (nSPS) is 17.0. The summed E-state index contributed by atoms with van der Waals surface area (Å²) in [5.41, 5.74) is 2.64. The predicted octanol–water partition coefficient (Wildman–Crippen LogP) is 4.31. The van der Waals surface area contributed by atoms with Crippen LogP contribution in [0.5, 0.6) is 5.75 Å². The van der Waals surface area contributed by atoms with Crippen LogP contribution in [0, 0.1) is 11.3 Å². The molecule has 2 aromatic carbocycles. The van der Waals surface area contributed by atoms with E-state index in [-0.39, 0.29) is 11.7 Å². The van der Waals surface area contributed by atoms with Gasteiger partial charge in [-0.25, -0.2) is 0 Å². The maximum atomic E-state index is 10.2. The smallest absolute Gasteiger partial charge is 0.143 e. The van der Waals surface area contributed by atoms with E-state index in [1.807, 2.05) is 31.2 Å². The van der Waals surface area contributed by atoms with Gasteiger partial charge in [-0.05, 0) is 24.1 Å². The molecule has 0 saturated heterocycles. The Morgan fingerprint density at radius 1 is 1.25 bits per heavy atom. The second-order valence-electron chi connectivity index (χ2n) is 6.04. The number of phenols is 1. The zero-order chi connectivity index (χ0) is 17.1. The molecule has 1 aliphatic heterocycles. The minimum Gasteiger partial charge on any atom is -0.506 e. The highest BCUT2D eigenvalue weighted by Gasteiger charge is 2.28. The van der Waals surface area contributed by atoms with Crippen molar-refractivity contribution in [1.82, 2.24) is 5.01 Å². The maximum absolute atomic E-state index is 10.2. The Labute approximate surface area is 146 Å². The van der Waals surface area contributed by atoms with Crippen LogP contribution in [0.4, 0.5) is 0 Å². The van der Waals surface area contributed by atoms with Crippen LogP contribution in [-0.4, -0.2) is 28.2 Å². The quantitative estimate of drug-likeness (QED) is 0.643. The first-order valence-corrected chi connectivity index (χ1v) is 8.39. The largest absolute Gasteiger partial charge is 0.506 e. The van der Waals surface area contributed by atoms with Gasteiger partial charge in [0.25, 0.3) is 0 Å². The van der Waals surface area contributed by atoms with Gasteiger partial charge in [-0.15, -0.1) is 0 Å². The molecule has 3 rings (SSSR count). The lowest BCUT2D eigenvalue weighted by molar-refractivity contribution is 0.443. The van der Waals surface area contributed by atoms with Crippen LogP contribution in [0.3, 0.4) is 0 Å². The van der Waals surface area contributed by atoms with E-state index in [1.54, 1.807) is 17.1 Å². The summed E-state index contributed by atoms with van der Waals surface area (Å²) in [4.78, 5) is 0. The van der Waals surface area contributed by atoms with Gasteiger partial charge in [-0.3, -0.25) is 10.4 Å². The molecule has 0 spiro atoms. The third-order valence-electron chi connectivity index (χ3n) is 4.21. The van der Waals surface area contributed by atoms with Crippen molar-refractivity contribution in [2.45, 2.75) is 19.8 Å². The van der Waals surface area contributed by atoms with Crippen molar-refractivity contribution in [3.05, 3.63) is 64.7 Å². The second kappa shape index (κ2) is 7.05. The molecule has 0 unspecified atom stereocenters. The SMILES string of the molecule is C[C@H]1CN(C(=N)CCc2ccccc2)N=C1c1cccc(Cl)c1O. The summed E-state index contributed by atoms with van der Waals surface area (Å²) in [6, 6.07) is 15.4. The highest BCUT2D eigenvalue weighted by molar-refractivity contribution is 6.32. The number of para-hydroxylation sites is 1. The van der Waals surface area contributed by atoms with Crippen molar-refractivity contribution in [2.24, 2.45) is 11.0 Å². The van der Waals surface area contributed by atoms with Crippen LogP contribution >= 0.6 is 11.6 Å². The van der Waals surface area contributed by atoms with E-state index in [4.69, 9.17) is 17.0 Å². The average Bonchev–Trinajstić information content (AvgIpc) is 2.98. The van der Waals surface area contributed by atoms with Gasteiger partial charge in [0, 0.05) is 17.9 Å². The minimum atomic E-state index is 0.0578. The zero-order valence-corrected chi connectivity index (χ0v) is 14.3. The number of rotatable bonds is 4. The summed E-state index contributed by atoms with van der Waals surface area (Å²) in [6.07, 6.45) is 1.45. The first kappa shape index (κ1) is 16.5. The van der Waals surface area contributed by atoms with Gasteiger partial charge >= 0.3 is 0 Å². The predicted molar refractivity (Wildman–Crippen MR) is 98.0 cm³/mol. The summed E-state index contributed by atoms with van der Waals surface area (Å²) in [5, 5.41) is 25.1. The molecule has 0 aliphatic carbocycles. The first-order chi connectivity index (χ1) is 11.6. The number of amidine groups is 1. The van der Waals surface area contributed by atoms with Crippen LogP contribution in [-0.2, 0) is 6.42 Å². The fourth-order valence-corrected chi connectivity index (χ4v) is 3.04. The Hall–Kier alpha value is -2.33. The molecule has 2 aromatic rings. The Morgan fingerprint density at radius 2 is 2.00 bits per heavy atom. The molecule has 4 nitrogen and oxygen atoms in total. The average molecular weight is 342 g/mol. The summed E-state index contributed by atoms with van der Waals surface area (Å²) >= 11 is 6.00. The zero-order valence-electron chi connectivity index (χ0n) is 13.5. The third-order valence-corrected chi connectivity index (χ3v) is 4.51. The van der Waals surface area contributed by atoms with Crippen LogP contribution in [0.25, 0.3) is 0 Å². The van der Waals surface area contributed by atoms with Crippen molar-refractivity contribution in [3.63, 3.8) is 0 Å². The minimum absolute atomic E-state index is 0.0578. The summed E-state index contributed by atoms with van der Waals surface area (Å²) in [5.74, 6) is 0.677. The molecule has 1 atom stereocenters. The van der Waals surface area contributed by atoms with E-state index in [1.165, 1.54) is 5.56 Å². The molecule has 0 saturated carbocycles. The van der Waals surface area contributed by atoms with Gasteiger partial charge in [0.05, 0.1) is 17.3 Å². The molecule has 124 valence electrons. The molecular weight excluding hydrogens is 322 g/mol. The molecule has 24 heavy (non-hydrogen) atoms. The van der Waals surface area contributed by atoms with Crippen molar-refractivity contribution >= 4 is 23.1 Å². The Kier molecular flexibility index (Phi) is 4.86. The molecule has 0 radical (unpaired) electrons. The van der Waals surface area contributed by atoms with E-state index < -0.39 is 0 Å². The van der Waals surface area contributed by atoms with Gasteiger partial charge in [-0.1, -0.05) is 54.9 Å². The van der Waals surface area contributed by atoms with Gasteiger partial charge in [0.15, 0.2) is 0 Å². The van der Waals surface area contributed by atoms with Crippen molar-refractivity contribution in [3.8, 4) is 5.75 Å². The fourth-order valence-electron chi connectivity index (χ4n) is 2.86. The number of hydrazone groups is 1. The fraction of sp³-hybridized carbons (Fsp3) is 0.263. The molecule has 0 aromatic heterocycles. The number of benzene rings is 2. The van der Waals surface area contributed by atoms with Crippen LogP contribution < -0.4 is 0 Å². The van der Waals surface area contributed by atoms with Gasteiger partial charge in [0.1, 0.15) is 11.6 Å². The second-order valence-corrected chi connectivity index (χ2v) is 6.44. The van der Waals surface area contributed by atoms with Gasteiger partial charge in [-0.2, -0.15) is 5.10 Å². The molecule has 0 fully saturated rings. The summed E-state index contributed by atoms with van der Waals surface area (Å²) < 4.78 is 0. The van der Waals surface area contributed by atoms with Crippen LogP contribution in [0.2, 0.25) is 5.02 Å². The summed E-state index contributed by atoms with van der Waals surface area (Å²) in [7, 11) is 0. The highest BCUT2D eigenvalue weighted by atomic mass is 35.5. The molecule has 0 bridgehead atoms. The van der Waals surface area contributed by atoms with Gasteiger partial charge < -0.3 is 5.11 Å². The maximum Gasteiger partial charge on any atom is 0.143 e. The number of aryl methyl sites for hydroxylation is 1. The van der Waals surface area contributed by atoms with Crippen molar-refractivity contribution < 1.29 is 5.11 Å². The number of aromatic hydroxyl groups is 1. The monoisotopic (exact) mass is 341 g/mol. The lowest BCUT2D eigenvalue weighted by Crippen LogP contribution is -2.25. The number of phenolic OH excluding ortho intramolecular Hbond substituents is 1. The Morgan fingerprint density at radius 3 is 2.75 bits per heavy atom. The Balaban J connectivity index is 1.72. The Bertz CT molecular complexity index is 773. The highest BCUT2D eigenvalue weighted by Crippen LogP contribution is 2.31. The summed E-state index contributed by atoms with van der Waals surface area (Å²) in [6.45, 7) is 2.69. The number of nitrogens with zero attached hydrogens (tertiary/aromatic N) is 2. The molecule has 5 heteroatoms. The van der Waals surface area contributed by atoms with E-state index >= 15 is 0 Å². The van der Waals surface area contributed by atoms with E-state index in [9.17, 15) is 5.11 Å². The number of nitrogens with one attached hydrogen (secondary N) is 1.